The molecule has 1 heterocycles. The van der Waals surface area contributed by atoms with Crippen LogP contribution in [-0.4, -0.2) is 24.2 Å². The average Bonchev–Trinajstić information content (AvgIpc) is 2.80. The summed E-state index contributed by atoms with van der Waals surface area (Å²) in [7, 11) is 0. The van der Waals surface area contributed by atoms with Crippen molar-refractivity contribution in [3.8, 4) is 22.8 Å². The standard InChI is InChI=1S/C26H26F3NO4/c1-4-14-32-16-25(34-21-12-13-24(17(2)15-21)33-18(3)31)23-7-5-6-22(30-23)19-8-10-20(11-9-19)26(27,28)29/h5-13,15,25H,4,14,16H2,1-3H3. The van der Waals surface area contributed by atoms with Crippen molar-refractivity contribution in [1.82, 2.24) is 4.98 Å². The number of alkyl halides is 3. The van der Waals surface area contributed by atoms with Gasteiger partial charge >= 0.3 is 12.1 Å². The van der Waals surface area contributed by atoms with Gasteiger partial charge in [-0.15, -0.1) is 0 Å². The number of carbonyl (C=O) groups excluding carboxylic acids is 1. The third-order valence-electron chi connectivity index (χ3n) is 4.90. The number of nitrogens with zero attached hydrogens (tertiary/aromatic N) is 1. The fourth-order valence-electron chi connectivity index (χ4n) is 3.26. The lowest BCUT2D eigenvalue weighted by molar-refractivity contribution is -0.137. The number of hydrogen-bond acceptors (Lipinski definition) is 5. The van der Waals surface area contributed by atoms with E-state index in [2.05, 4.69) is 4.98 Å². The minimum atomic E-state index is -4.40. The molecule has 3 rings (SSSR count). The maximum atomic E-state index is 12.9. The Bertz CT molecular complexity index is 1110. The topological polar surface area (TPSA) is 57.7 Å². The summed E-state index contributed by atoms with van der Waals surface area (Å²) in [6.45, 7) is 5.92. The molecule has 0 bridgehead atoms. The van der Waals surface area contributed by atoms with E-state index in [1.807, 2.05) is 6.92 Å². The van der Waals surface area contributed by atoms with Gasteiger partial charge in [0.2, 0.25) is 0 Å². The lowest BCUT2D eigenvalue weighted by Gasteiger charge is -2.20. The van der Waals surface area contributed by atoms with E-state index in [1.54, 1.807) is 43.3 Å². The number of aromatic nitrogens is 1. The van der Waals surface area contributed by atoms with E-state index in [-0.39, 0.29) is 6.61 Å². The van der Waals surface area contributed by atoms with E-state index < -0.39 is 23.8 Å². The minimum Gasteiger partial charge on any atom is -0.482 e. The lowest BCUT2D eigenvalue weighted by Crippen LogP contribution is -2.17. The Balaban J connectivity index is 1.86. The van der Waals surface area contributed by atoms with Gasteiger partial charge in [-0.2, -0.15) is 13.2 Å². The zero-order chi connectivity index (χ0) is 24.7. The second-order valence-corrected chi connectivity index (χ2v) is 7.73. The predicted molar refractivity (Wildman–Crippen MR) is 122 cm³/mol. The highest BCUT2D eigenvalue weighted by molar-refractivity contribution is 5.70. The molecule has 34 heavy (non-hydrogen) atoms. The van der Waals surface area contributed by atoms with E-state index in [9.17, 15) is 18.0 Å². The van der Waals surface area contributed by atoms with Gasteiger partial charge in [0.05, 0.1) is 23.6 Å². The van der Waals surface area contributed by atoms with Crippen LogP contribution in [0.3, 0.4) is 0 Å². The lowest BCUT2D eigenvalue weighted by atomic mass is 10.1. The van der Waals surface area contributed by atoms with Crippen LogP contribution in [0, 0.1) is 6.92 Å². The molecule has 0 N–H and O–H groups in total. The van der Waals surface area contributed by atoms with Crippen LogP contribution in [0.25, 0.3) is 11.3 Å². The molecule has 0 radical (unpaired) electrons. The molecule has 0 aliphatic rings. The Hall–Kier alpha value is -3.39. The van der Waals surface area contributed by atoms with Crippen LogP contribution in [0.1, 0.15) is 43.2 Å². The number of aryl methyl sites for hydroxylation is 1. The smallest absolute Gasteiger partial charge is 0.416 e. The maximum Gasteiger partial charge on any atom is 0.416 e. The van der Waals surface area contributed by atoms with E-state index in [0.717, 1.165) is 24.1 Å². The monoisotopic (exact) mass is 473 g/mol. The molecule has 180 valence electrons. The third-order valence-corrected chi connectivity index (χ3v) is 4.90. The van der Waals surface area contributed by atoms with E-state index in [4.69, 9.17) is 14.2 Å². The van der Waals surface area contributed by atoms with Gasteiger partial charge < -0.3 is 14.2 Å². The predicted octanol–water partition coefficient (Wildman–Crippen LogP) is 6.55. The van der Waals surface area contributed by atoms with Crippen molar-refractivity contribution in [3.63, 3.8) is 0 Å². The zero-order valence-electron chi connectivity index (χ0n) is 19.2. The summed E-state index contributed by atoms with van der Waals surface area (Å²) in [4.78, 5) is 15.9. The molecule has 0 fully saturated rings. The van der Waals surface area contributed by atoms with Gasteiger partial charge in [0.1, 0.15) is 11.5 Å². The number of pyridine rings is 1. The first-order valence-electron chi connectivity index (χ1n) is 10.9. The number of benzene rings is 2. The first-order chi connectivity index (χ1) is 16.2. The van der Waals surface area contributed by atoms with Crippen molar-refractivity contribution in [3.05, 3.63) is 77.5 Å². The summed E-state index contributed by atoms with van der Waals surface area (Å²) < 4.78 is 55.7. The van der Waals surface area contributed by atoms with Crippen LogP contribution in [0.5, 0.6) is 11.5 Å². The zero-order valence-corrected chi connectivity index (χ0v) is 19.2. The molecule has 1 atom stereocenters. The number of ether oxygens (including phenoxy) is 3. The summed E-state index contributed by atoms with van der Waals surface area (Å²) in [5.41, 5.74) is 1.68. The Morgan fingerprint density at radius 2 is 1.79 bits per heavy atom. The largest absolute Gasteiger partial charge is 0.482 e. The van der Waals surface area contributed by atoms with E-state index >= 15 is 0 Å². The first-order valence-corrected chi connectivity index (χ1v) is 10.9. The minimum absolute atomic E-state index is 0.238. The Morgan fingerprint density at radius 3 is 2.41 bits per heavy atom. The molecule has 1 unspecified atom stereocenters. The number of rotatable bonds is 9. The molecule has 8 heteroatoms. The van der Waals surface area contributed by atoms with Gasteiger partial charge in [-0.25, -0.2) is 4.98 Å². The fraction of sp³-hybridized carbons (Fsp3) is 0.308. The van der Waals surface area contributed by atoms with Crippen molar-refractivity contribution in [2.45, 2.75) is 39.5 Å². The molecule has 0 saturated heterocycles. The Morgan fingerprint density at radius 1 is 1.06 bits per heavy atom. The van der Waals surface area contributed by atoms with E-state index in [1.165, 1.54) is 19.1 Å². The molecule has 0 saturated carbocycles. The molecular formula is C26H26F3NO4. The number of esters is 1. The van der Waals surface area contributed by atoms with Crippen LogP contribution >= 0.6 is 0 Å². The molecule has 0 amide bonds. The second kappa shape index (κ2) is 11.2. The van der Waals surface area contributed by atoms with Crippen molar-refractivity contribution in [1.29, 1.82) is 0 Å². The molecule has 2 aromatic carbocycles. The molecule has 1 aromatic heterocycles. The van der Waals surface area contributed by atoms with Gasteiger partial charge in [-0.3, -0.25) is 4.79 Å². The average molecular weight is 473 g/mol. The van der Waals surface area contributed by atoms with Gasteiger partial charge in [-0.1, -0.05) is 25.1 Å². The molecular weight excluding hydrogens is 447 g/mol. The van der Waals surface area contributed by atoms with Gasteiger partial charge in [0, 0.05) is 19.1 Å². The van der Waals surface area contributed by atoms with Crippen molar-refractivity contribution in [2.24, 2.45) is 0 Å². The molecule has 0 spiro atoms. The summed E-state index contributed by atoms with van der Waals surface area (Å²) in [5, 5.41) is 0. The summed E-state index contributed by atoms with van der Waals surface area (Å²) in [5.74, 6) is 0.577. The summed E-state index contributed by atoms with van der Waals surface area (Å²) in [6, 6.07) is 15.3. The Kier molecular flexibility index (Phi) is 8.28. The van der Waals surface area contributed by atoms with Crippen LogP contribution in [0.15, 0.2) is 60.7 Å². The summed E-state index contributed by atoms with van der Waals surface area (Å²) in [6.07, 6.45) is -4.12. The maximum absolute atomic E-state index is 12.9. The normalized spacial score (nSPS) is 12.3. The number of hydrogen-bond donors (Lipinski definition) is 0. The molecule has 0 aliphatic carbocycles. The molecule has 3 aromatic rings. The quantitative estimate of drug-likeness (QED) is 0.200. The molecule has 5 nitrogen and oxygen atoms in total. The first kappa shape index (κ1) is 25.2. The van der Waals surface area contributed by atoms with Crippen LogP contribution in [0.4, 0.5) is 13.2 Å². The highest BCUT2D eigenvalue weighted by atomic mass is 19.4. The van der Waals surface area contributed by atoms with Crippen LogP contribution in [-0.2, 0) is 15.7 Å². The third kappa shape index (κ3) is 6.81. The highest BCUT2D eigenvalue weighted by Gasteiger charge is 2.30. The van der Waals surface area contributed by atoms with Gasteiger partial charge in [0.15, 0.2) is 6.10 Å². The number of carbonyl (C=O) groups is 1. The second-order valence-electron chi connectivity index (χ2n) is 7.73. The van der Waals surface area contributed by atoms with Crippen LogP contribution < -0.4 is 9.47 Å². The van der Waals surface area contributed by atoms with Crippen molar-refractivity contribution >= 4 is 5.97 Å². The molecule has 0 aliphatic heterocycles. The van der Waals surface area contributed by atoms with Crippen molar-refractivity contribution < 1.29 is 32.2 Å². The van der Waals surface area contributed by atoms with Gasteiger partial charge in [0.25, 0.3) is 0 Å². The van der Waals surface area contributed by atoms with E-state index in [0.29, 0.717) is 35.1 Å². The highest BCUT2D eigenvalue weighted by Crippen LogP contribution is 2.32. The number of halogens is 3. The fourth-order valence-corrected chi connectivity index (χ4v) is 3.26. The van der Waals surface area contributed by atoms with Crippen molar-refractivity contribution in [2.75, 3.05) is 13.2 Å². The summed E-state index contributed by atoms with van der Waals surface area (Å²) >= 11 is 0. The SMILES string of the molecule is CCCOCC(Oc1ccc(OC(C)=O)c(C)c1)c1cccc(-c2ccc(C(F)(F)F)cc2)n1. The van der Waals surface area contributed by atoms with Crippen LogP contribution in [0.2, 0.25) is 0 Å². The van der Waals surface area contributed by atoms with Gasteiger partial charge in [-0.05, 0) is 61.4 Å². The Labute approximate surface area is 196 Å².